The zero-order valence-electron chi connectivity index (χ0n) is 15.8. The second kappa shape index (κ2) is 9.29. The zero-order chi connectivity index (χ0) is 20.9. The summed E-state index contributed by atoms with van der Waals surface area (Å²) in [5, 5.41) is 9.87. The van der Waals surface area contributed by atoms with Gasteiger partial charge < -0.3 is 15.1 Å². The van der Waals surface area contributed by atoms with Crippen LogP contribution in [0.25, 0.3) is 10.6 Å². The molecule has 0 bridgehead atoms. The number of carbonyl (C=O) groups is 2. The number of furan rings is 1. The normalized spacial score (nSPS) is 11.8. The Labute approximate surface area is 185 Å². The van der Waals surface area contributed by atoms with Gasteiger partial charge in [-0.25, -0.2) is 4.98 Å². The van der Waals surface area contributed by atoms with Crippen molar-refractivity contribution in [2.24, 2.45) is 0 Å². The van der Waals surface area contributed by atoms with E-state index in [1.165, 1.54) is 29.4 Å². The van der Waals surface area contributed by atoms with E-state index >= 15 is 0 Å². The molecule has 0 aliphatic heterocycles. The van der Waals surface area contributed by atoms with E-state index in [2.05, 4.69) is 15.6 Å². The fourth-order valence-electron chi connectivity index (χ4n) is 2.55. The lowest BCUT2D eigenvalue weighted by atomic mass is 10.3. The highest BCUT2D eigenvalue weighted by Crippen LogP contribution is 2.30. The first-order valence-electron chi connectivity index (χ1n) is 9.00. The minimum absolute atomic E-state index is 0.109. The minimum atomic E-state index is -0.307. The van der Waals surface area contributed by atoms with E-state index in [1.807, 2.05) is 41.9 Å². The highest BCUT2D eigenvalue weighted by atomic mass is 32.2. The molecule has 4 rings (SSSR count). The van der Waals surface area contributed by atoms with Gasteiger partial charge in [-0.2, -0.15) is 0 Å². The van der Waals surface area contributed by atoms with Gasteiger partial charge in [-0.05, 0) is 54.8 Å². The summed E-state index contributed by atoms with van der Waals surface area (Å²) in [5.74, 6) is -0.163. The number of rotatable bonds is 7. The van der Waals surface area contributed by atoms with Crippen molar-refractivity contribution in [2.75, 3.05) is 10.6 Å². The number of hydrogen-bond acceptors (Lipinski definition) is 7. The van der Waals surface area contributed by atoms with E-state index in [0.29, 0.717) is 10.8 Å². The third-order valence-electron chi connectivity index (χ3n) is 4.05. The SMILES string of the molecule is CC(Sc1ccc(NC(=O)c2ccco2)cc1)C(=O)Nc1nc(-c2cccs2)cs1. The molecule has 0 aliphatic rings. The molecule has 2 amide bonds. The van der Waals surface area contributed by atoms with Crippen molar-refractivity contribution < 1.29 is 14.0 Å². The quantitative estimate of drug-likeness (QED) is 0.342. The van der Waals surface area contributed by atoms with E-state index < -0.39 is 0 Å². The highest BCUT2D eigenvalue weighted by molar-refractivity contribution is 8.00. The summed E-state index contributed by atoms with van der Waals surface area (Å²) in [6.45, 7) is 1.85. The number of thiophene rings is 1. The molecule has 0 aliphatic carbocycles. The third kappa shape index (κ3) is 4.99. The number of aromatic nitrogens is 1. The molecule has 1 atom stereocenters. The number of amides is 2. The average Bonchev–Trinajstić information content (AvgIpc) is 3.51. The Kier molecular flexibility index (Phi) is 6.32. The lowest BCUT2D eigenvalue weighted by molar-refractivity contribution is -0.115. The fourth-order valence-corrected chi connectivity index (χ4v) is 4.89. The highest BCUT2D eigenvalue weighted by Gasteiger charge is 2.17. The predicted molar refractivity (Wildman–Crippen MR) is 122 cm³/mol. The monoisotopic (exact) mass is 455 g/mol. The van der Waals surface area contributed by atoms with Crippen molar-refractivity contribution in [3.63, 3.8) is 0 Å². The molecule has 152 valence electrons. The minimum Gasteiger partial charge on any atom is -0.459 e. The summed E-state index contributed by atoms with van der Waals surface area (Å²) in [6, 6.07) is 14.6. The lowest BCUT2D eigenvalue weighted by Gasteiger charge is -2.11. The molecule has 1 aromatic carbocycles. The number of carbonyl (C=O) groups excluding carboxylic acids is 2. The molecule has 3 aromatic heterocycles. The van der Waals surface area contributed by atoms with Gasteiger partial charge in [-0.15, -0.1) is 34.4 Å². The van der Waals surface area contributed by atoms with Gasteiger partial charge in [0.25, 0.3) is 5.91 Å². The first-order valence-corrected chi connectivity index (χ1v) is 11.6. The number of nitrogens with one attached hydrogen (secondary N) is 2. The second-order valence-corrected chi connectivity index (χ2v) is 9.44. The van der Waals surface area contributed by atoms with Crippen LogP contribution >= 0.6 is 34.4 Å². The second-order valence-electron chi connectivity index (χ2n) is 6.22. The first-order chi connectivity index (χ1) is 14.6. The Morgan fingerprint density at radius 3 is 2.60 bits per heavy atom. The Bertz CT molecular complexity index is 1120. The van der Waals surface area contributed by atoms with Crippen LogP contribution in [0.2, 0.25) is 0 Å². The Morgan fingerprint density at radius 1 is 1.07 bits per heavy atom. The molecule has 30 heavy (non-hydrogen) atoms. The summed E-state index contributed by atoms with van der Waals surface area (Å²) in [6.07, 6.45) is 1.45. The van der Waals surface area contributed by atoms with E-state index in [9.17, 15) is 9.59 Å². The Hall–Kier alpha value is -2.88. The Morgan fingerprint density at radius 2 is 1.90 bits per heavy atom. The van der Waals surface area contributed by atoms with Crippen LogP contribution in [-0.4, -0.2) is 22.0 Å². The molecule has 4 aromatic rings. The van der Waals surface area contributed by atoms with E-state index in [4.69, 9.17) is 4.42 Å². The van der Waals surface area contributed by atoms with Gasteiger partial charge in [-0.1, -0.05) is 6.07 Å². The molecule has 0 radical (unpaired) electrons. The molecule has 2 N–H and O–H groups in total. The summed E-state index contributed by atoms with van der Waals surface area (Å²) >= 11 is 4.47. The van der Waals surface area contributed by atoms with E-state index in [0.717, 1.165) is 15.5 Å². The van der Waals surface area contributed by atoms with Crippen LogP contribution in [0.5, 0.6) is 0 Å². The van der Waals surface area contributed by atoms with Crippen LogP contribution < -0.4 is 10.6 Å². The summed E-state index contributed by atoms with van der Waals surface area (Å²) in [7, 11) is 0. The van der Waals surface area contributed by atoms with Crippen LogP contribution in [0.1, 0.15) is 17.5 Å². The van der Waals surface area contributed by atoms with E-state index in [-0.39, 0.29) is 22.8 Å². The number of hydrogen-bond donors (Lipinski definition) is 2. The number of anilines is 2. The average molecular weight is 456 g/mol. The Balaban J connectivity index is 1.31. The van der Waals surface area contributed by atoms with Crippen LogP contribution in [0.15, 0.2) is 74.9 Å². The van der Waals surface area contributed by atoms with Gasteiger partial charge in [-0.3, -0.25) is 9.59 Å². The number of thiazole rings is 1. The maximum atomic E-state index is 12.5. The van der Waals surface area contributed by atoms with Crippen LogP contribution in [0.4, 0.5) is 10.8 Å². The summed E-state index contributed by atoms with van der Waals surface area (Å²) in [4.78, 5) is 31.0. The maximum Gasteiger partial charge on any atom is 0.291 e. The molecular formula is C21H17N3O3S3. The van der Waals surface area contributed by atoms with Crippen LogP contribution in [-0.2, 0) is 4.79 Å². The van der Waals surface area contributed by atoms with Gasteiger partial charge in [0, 0.05) is 16.0 Å². The number of thioether (sulfide) groups is 1. The van der Waals surface area contributed by atoms with Crippen molar-refractivity contribution >= 4 is 57.1 Å². The molecule has 0 saturated carbocycles. The van der Waals surface area contributed by atoms with Crippen LogP contribution in [0, 0.1) is 0 Å². The van der Waals surface area contributed by atoms with Crippen molar-refractivity contribution in [3.8, 4) is 10.6 Å². The molecule has 1 unspecified atom stereocenters. The molecular weight excluding hydrogens is 438 g/mol. The first kappa shape index (κ1) is 20.4. The molecule has 0 fully saturated rings. The van der Waals surface area contributed by atoms with Crippen molar-refractivity contribution in [1.82, 2.24) is 4.98 Å². The summed E-state index contributed by atoms with van der Waals surface area (Å²) in [5.41, 5.74) is 1.53. The topological polar surface area (TPSA) is 84.2 Å². The van der Waals surface area contributed by atoms with Gasteiger partial charge >= 0.3 is 0 Å². The zero-order valence-corrected chi connectivity index (χ0v) is 18.3. The molecule has 3 heterocycles. The fraction of sp³-hybridized carbons (Fsp3) is 0.0952. The van der Waals surface area contributed by atoms with Gasteiger partial charge in [0.05, 0.1) is 22.1 Å². The summed E-state index contributed by atoms with van der Waals surface area (Å²) < 4.78 is 5.08. The molecule has 6 nitrogen and oxygen atoms in total. The molecule has 0 spiro atoms. The lowest BCUT2D eigenvalue weighted by Crippen LogP contribution is -2.22. The number of benzene rings is 1. The number of nitrogens with zero attached hydrogens (tertiary/aromatic N) is 1. The van der Waals surface area contributed by atoms with Crippen LogP contribution in [0.3, 0.4) is 0 Å². The van der Waals surface area contributed by atoms with Crippen molar-refractivity contribution in [2.45, 2.75) is 17.1 Å². The van der Waals surface area contributed by atoms with E-state index in [1.54, 1.807) is 35.6 Å². The predicted octanol–water partition coefficient (Wildman–Crippen LogP) is 5.84. The standard InChI is InChI=1S/C21H17N3O3S3/c1-13(19(25)24-21-23-16(12-29-21)18-5-3-11-28-18)30-15-8-6-14(7-9-15)22-20(26)17-4-2-10-27-17/h2-13H,1H3,(H,22,26)(H,23,24,25). The van der Waals surface area contributed by atoms with Crippen molar-refractivity contribution in [3.05, 3.63) is 71.3 Å². The molecule has 9 heteroatoms. The van der Waals surface area contributed by atoms with Gasteiger partial charge in [0.15, 0.2) is 10.9 Å². The largest absolute Gasteiger partial charge is 0.459 e. The van der Waals surface area contributed by atoms with Gasteiger partial charge in [0.2, 0.25) is 5.91 Å². The van der Waals surface area contributed by atoms with Gasteiger partial charge in [0.1, 0.15) is 0 Å². The molecule has 0 saturated heterocycles. The third-order valence-corrected chi connectivity index (χ3v) is 6.81. The smallest absolute Gasteiger partial charge is 0.291 e. The van der Waals surface area contributed by atoms with Crippen molar-refractivity contribution in [1.29, 1.82) is 0 Å². The maximum absolute atomic E-state index is 12.5.